The first-order valence-corrected chi connectivity index (χ1v) is 6.55. The van der Waals surface area contributed by atoms with Crippen molar-refractivity contribution in [3.05, 3.63) is 35.4 Å². The SMILES string of the molecule is Fc1cccc(CN2CCC3(CCNC3)C2)c1F. The molecule has 2 heterocycles. The molecule has 0 aliphatic carbocycles. The summed E-state index contributed by atoms with van der Waals surface area (Å²) >= 11 is 0. The molecule has 1 spiro atoms. The van der Waals surface area contributed by atoms with Gasteiger partial charge in [0.2, 0.25) is 0 Å². The maximum absolute atomic E-state index is 13.6. The first-order valence-electron chi connectivity index (χ1n) is 6.55. The molecule has 2 aliphatic heterocycles. The second kappa shape index (κ2) is 4.59. The molecule has 1 unspecified atom stereocenters. The van der Waals surface area contributed by atoms with Gasteiger partial charge in [-0.25, -0.2) is 8.78 Å². The lowest BCUT2D eigenvalue weighted by Crippen LogP contribution is -2.29. The zero-order chi connectivity index (χ0) is 12.6. The van der Waals surface area contributed by atoms with E-state index >= 15 is 0 Å². The Hall–Kier alpha value is -1.00. The number of nitrogens with one attached hydrogen (secondary N) is 1. The molecular formula is C14H18F2N2. The van der Waals surface area contributed by atoms with E-state index in [0.717, 1.165) is 32.6 Å². The average molecular weight is 252 g/mol. The Kier molecular flexibility index (Phi) is 3.08. The van der Waals surface area contributed by atoms with Crippen LogP contribution in [-0.2, 0) is 6.54 Å². The van der Waals surface area contributed by atoms with E-state index in [2.05, 4.69) is 10.2 Å². The minimum Gasteiger partial charge on any atom is -0.316 e. The highest BCUT2D eigenvalue weighted by Crippen LogP contribution is 2.36. The van der Waals surface area contributed by atoms with Crippen molar-refractivity contribution in [3.8, 4) is 0 Å². The van der Waals surface area contributed by atoms with Crippen molar-refractivity contribution in [3.63, 3.8) is 0 Å². The lowest BCUT2D eigenvalue weighted by atomic mass is 9.86. The van der Waals surface area contributed by atoms with Gasteiger partial charge in [0.25, 0.3) is 0 Å². The Morgan fingerprint density at radius 2 is 2.17 bits per heavy atom. The maximum Gasteiger partial charge on any atom is 0.163 e. The van der Waals surface area contributed by atoms with E-state index in [0.29, 0.717) is 17.5 Å². The van der Waals surface area contributed by atoms with Gasteiger partial charge in [-0.3, -0.25) is 4.90 Å². The lowest BCUT2D eigenvalue weighted by Gasteiger charge is -2.23. The van der Waals surface area contributed by atoms with Crippen LogP contribution < -0.4 is 5.32 Å². The number of nitrogens with zero attached hydrogens (tertiary/aromatic N) is 1. The Balaban J connectivity index is 1.69. The molecule has 0 aromatic heterocycles. The fourth-order valence-electron chi connectivity index (χ4n) is 3.22. The Morgan fingerprint density at radius 1 is 1.28 bits per heavy atom. The quantitative estimate of drug-likeness (QED) is 0.867. The van der Waals surface area contributed by atoms with Gasteiger partial charge >= 0.3 is 0 Å². The van der Waals surface area contributed by atoms with Crippen molar-refractivity contribution < 1.29 is 8.78 Å². The monoisotopic (exact) mass is 252 g/mol. The molecule has 1 atom stereocenters. The summed E-state index contributed by atoms with van der Waals surface area (Å²) in [5.41, 5.74) is 0.849. The number of likely N-dealkylation sites (tertiary alicyclic amines) is 1. The molecule has 0 amide bonds. The van der Waals surface area contributed by atoms with Crippen LogP contribution >= 0.6 is 0 Å². The summed E-state index contributed by atoms with van der Waals surface area (Å²) in [5, 5.41) is 3.40. The average Bonchev–Trinajstić information content (AvgIpc) is 2.97. The molecule has 1 N–H and O–H groups in total. The fraction of sp³-hybridized carbons (Fsp3) is 0.571. The van der Waals surface area contributed by atoms with Gasteiger partial charge in [-0.15, -0.1) is 0 Å². The van der Waals surface area contributed by atoms with E-state index < -0.39 is 11.6 Å². The molecule has 0 bridgehead atoms. The van der Waals surface area contributed by atoms with Crippen molar-refractivity contribution in [1.29, 1.82) is 0 Å². The summed E-state index contributed by atoms with van der Waals surface area (Å²) in [4.78, 5) is 2.24. The van der Waals surface area contributed by atoms with Crippen molar-refractivity contribution in [2.24, 2.45) is 5.41 Å². The third-order valence-corrected chi connectivity index (χ3v) is 4.28. The molecule has 2 aliphatic rings. The molecule has 98 valence electrons. The normalized spacial score (nSPS) is 28.3. The molecule has 1 aromatic carbocycles. The number of hydrogen-bond donors (Lipinski definition) is 1. The molecule has 0 radical (unpaired) electrons. The summed E-state index contributed by atoms with van der Waals surface area (Å²) in [6.07, 6.45) is 2.37. The first-order chi connectivity index (χ1) is 8.69. The van der Waals surface area contributed by atoms with E-state index in [1.165, 1.54) is 12.5 Å². The van der Waals surface area contributed by atoms with E-state index in [1.807, 2.05) is 0 Å². The van der Waals surface area contributed by atoms with Crippen LogP contribution in [0.2, 0.25) is 0 Å². The summed E-state index contributed by atoms with van der Waals surface area (Å²) in [7, 11) is 0. The van der Waals surface area contributed by atoms with Gasteiger partial charge in [0.15, 0.2) is 11.6 Å². The van der Waals surface area contributed by atoms with Gasteiger partial charge < -0.3 is 5.32 Å². The number of benzene rings is 1. The van der Waals surface area contributed by atoms with Gasteiger partial charge in [-0.2, -0.15) is 0 Å². The Morgan fingerprint density at radius 3 is 2.94 bits per heavy atom. The van der Waals surface area contributed by atoms with Crippen LogP contribution in [0.25, 0.3) is 0 Å². The molecule has 2 saturated heterocycles. The highest BCUT2D eigenvalue weighted by Gasteiger charge is 2.40. The van der Waals surface area contributed by atoms with Gasteiger partial charge in [0.1, 0.15) is 0 Å². The molecule has 1 aromatic rings. The molecule has 4 heteroatoms. The van der Waals surface area contributed by atoms with E-state index in [1.54, 1.807) is 12.1 Å². The maximum atomic E-state index is 13.6. The van der Waals surface area contributed by atoms with Crippen LogP contribution in [0.5, 0.6) is 0 Å². The molecule has 3 rings (SSSR count). The summed E-state index contributed by atoms with van der Waals surface area (Å²) in [6.45, 7) is 4.65. The minimum atomic E-state index is -0.746. The summed E-state index contributed by atoms with van der Waals surface area (Å²) in [6, 6.07) is 4.43. The third kappa shape index (κ3) is 2.15. The van der Waals surface area contributed by atoms with Crippen molar-refractivity contribution >= 4 is 0 Å². The smallest absolute Gasteiger partial charge is 0.163 e. The van der Waals surface area contributed by atoms with Crippen LogP contribution in [-0.4, -0.2) is 31.1 Å². The van der Waals surface area contributed by atoms with Crippen LogP contribution in [0.3, 0.4) is 0 Å². The van der Waals surface area contributed by atoms with Crippen LogP contribution in [0, 0.1) is 17.0 Å². The minimum absolute atomic E-state index is 0.379. The standard InChI is InChI=1S/C14H18F2N2/c15-12-3-1-2-11(13(12)16)8-18-7-5-14(10-18)4-6-17-9-14/h1-3,17H,4-10H2. The molecule has 18 heavy (non-hydrogen) atoms. The highest BCUT2D eigenvalue weighted by molar-refractivity contribution is 5.19. The van der Waals surface area contributed by atoms with E-state index in [4.69, 9.17) is 0 Å². The zero-order valence-corrected chi connectivity index (χ0v) is 10.4. The predicted octanol–water partition coefficient (Wildman–Crippen LogP) is 2.15. The van der Waals surface area contributed by atoms with Gasteiger partial charge in [-0.1, -0.05) is 12.1 Å². The number of rotatable bonds is 2. The molecule has 2 nitrogen and oxygen atoms in total. The van der Waals surface area contributed by atoms with Crippen molar-refractivity contribution in [1.82, 2.24) is 10.2 Å². The van der Waals surface area contributed by atoms with Crippen molar-refractivity contribution in [2.45, 2.75) is 19.4 Å². The third-order valence-electron chi connectivity index (χ3n) is 4.28. The predicted molar refractivity (Wildman–Crippen MR) is 66.2 cm³/mol. The van der Waals surface area contributed by atoms with Crippen LogP contribution in [0.4, 0.5) is 8.78 Å². The van der Waals surface area contributed by atoms with E-state index in [-0.39, 0.29) is 0 Å². The van der Waals surface area contributed by atoms with Gasteiger partial charge in [0.05, 0.1) is 0 Å². The summed E-state index contributed by atoms with van der Waals surface area (Å²) < 4.78 is 26.8. The fourth-order valence-corrected chi connectivity index (χ4v) is 3.22. The van der Waals surface area contributed by atoms with E-state index in [9.17, 15) is 8.78 Å². The Labute approximate surface area is 106 Å². The number of halogens is 2. The van der Waals surface area contributed by atoms with Crippen LogP contribution in [0.15, 0.2) is 18.2 Å². The van der Waals surface area contributed by atoms with Crippen LogP contribution in [0.1, 0.15) is 18.4 Å². The second-order valence-electron chi connectivity index (χ2n) is 5.60. The largest absolute Gasteiger partial charge is 0.316 e. The molecule has 0 saturated carbocycles. The van der Waals surface area contributed by atoms with Gasteiger partial charge in [0, 0.05) is 25.2 Å². The molecular weight excluding hydrogens is 234 g/mol. The van der Waals surface area contributed by atoms with Gasteiger partial charge in [-0.05, 0) is 37.4 Å². The molecule has 2 fully saturated rings. The highest BCUT2D eigenvalue weighted by atomic mass is 19.2. The first kappa shape index (κ1) is 12.1. The Bertz CT molecular complexity index is 441. The number of hydrogen-bond acceptors (Lipinski definition) is 2. The van der Waals surface area contributed by atoms with Crippen molar-refractivity contribution in [2.75, 3.05) is 26.2 Å². The zero-order valence-electron chi connectivity index (χ0n) is 10.4. The second-order valence-corrected chi connectivity index (χ2v) is 5.60. The topological polar surface area (TPSA) is 15.3 Å². The lowest BCUT2D eigenvalue weighted by molar-refractivity contribution is 0.265. The summed E-state index contributed by atoms with van der Waals surface area (Å²) in [5.74, 6) is -1.44.